The lowest BCUT2D eigenvalue weighted by Gasteiger charge is -2.15. The number of esters is 1. The van der Waals surface area contributed by atoms with Crippen molar-refractivity contribution >= 4 is 34.4 Å². The molecule has 0 saturated carbocycles. The second-order valence-electron chi connectivity index (χ2n) is 8.06. The van der Waals surface area contributed by atoms with Crippen molar-refractivity contribution in [2.45, 2.75) is 19.8 Å². The highest BCUT2D eigenvalue weighted by atomic mass is 16.5. The number of hydrogen-bond donors (Lipinski definition) is 0. The number of anilines is 1. The minimum atomic E-state index is -0.663. The molecule has 0 atom stereocenters. The molecule has 2 aromatic carbocycles. The summed E-state index contributed by atoms with van der Waals surface area (Å²) in [6.07, 6.45) is 1.37. The molecule has 5 rings (SSSR count). The van der Waals surface area contributed by atoms with Crippen LogP contribution >= 0.6 is 0 Å². The van der Waals surface area contributed by atoms with Gasteiger partial charge in [0, 0.05) is 29.8 Å². The summed E-state index contributed by atoms with van der Waals surface area (Å²) < 4.78 is 10.7. The molecule has 0 unspecified atom stereocenters. The highest BCUT2D eigenvalue weighted by molar-refractivity contribution is 6.06. The Morgan fingerprint density at radius 2 is 1.85 bits per heavy atom. The van der Waals surface area contributed by atoms with E-state index in [0.717, 1.165) is 17.7 Å². The fourth-order valence-electron chi connectivity index (χ4n) is 4.05. The molecule has 34 heavy (non-hydrogen) atoms. The lowest BCUT2D eigenvalue weighted by molar-refractivity contribution is -0.117. The first kappa shape index (κ1) is 21.5. The summed E-state index contributed by atoms with van der Waals surface area (Å²) in [4.78, 5) is 43.7. The van der Waals surface area contributed by atoms with Gasteiger partial charge in [0.1, 0.15) is 0 Å². The Bertz CT molecular complexity index is 1390. The Kier molecular flexibility index (Phi) is 5.63. The number of amides is 1. The quantitative estimate of drug-likeness (QED) is 0.314. The van der Waals surface area contributed by atoms with Crippen molar-refractivity contribution < 1.29 is 23.6 Å². The molecule has 0 aliphatic carbocycles. The van der Waals surface area contributed by atoms with Crippen LogP contribution in [-0.2, 0) is 9.53 Å². The predicted octanol–water partition coefficient (Wildman–Crippen LogP) is 4.36. The SMILES string of the molecule is Cc1noc2nc(-c3ccccc3)cc(C(=O)OCC(=O)c3ccc(N4CCCC4=O)cc3)c12. The third-order valence-electron chi connectivity index (χ3n) is 5.82. The van der Waals surface area contributed by atoms with Crippen LogP contribution in [0.5, 0.6) is 0 Å². The monoisotopic (exact) mass is 455 g/mol. The number of rotatable bonds is 6. The normalized spacial score (nSPS) is 13.4. The third kappa shape index (κ3) is 4.05. The number of nitrogens with zero attached hydrogens (tertiary/aromatic N) is 3. The molecular formula is C26H21N3O5. The number of carbonyl (C=O) groups is 3. The van der Waals surface area contributed by atoms with Crippen LogP contribution in [0, 0.1) is 6.92 Å². The van der Waals surface area contributed by atoms with Crippen molar-refractivity contribution in [1.82, 2.24) is 10.1 Å². The van der Waals surface area contributed by atoms with Crippen LogP contribution in [0.25, 0.3) is 22.4 Å². The molecule has 0 spiro atoms. The molecule has 4 aromatic rings. The molecule has 1 saturated heterocycles. The largest absolute Gasteiger partial charge is 0.454 e. The zero-order valence-electron chi connectivity index (χ0n) is 18.5. The third-order valence-corrected chi connectivity index (χ3v) is 5.82. The maximum Gasteiger partial charge on any atom is 0.339 e. The summed E-state index contributed by atoms with van der Waals surface area (Å²) in [5.41, 5.74) is 3.46. The van der Waals surface area contributed by atoms with Gasteiger partial charge in [-0.15, -0.1) is 0 Å². The topological polar surface area (TPSA) is 103 Å². The summed E-state index contributed by atoms with van der Waals surface area (Å²) in [7, 11) is 0. The van der Waals surface area contributed by atoms with Gasteiger partial charge in [-0.1, -0.05) is 35.5 Å². The van der Waals surface area contributed by atoms with Crippen molar-refractivity contribution in [2.24, 2.45) is 0 Å². The minimum Gasteiger partial charge on any atom is -0.454 e. The van der Waals surface area contributed by atoms with Crippen molar-refractivity contribution in [3.8, 4) is 11.3 Å². The van der Waals surface area contributed by atoms with Gasteiger partial charge < -0.3 is 14.2 Å². The number of benzene rings is 2. The number of Topliss-reactive ketones (excluding diaryl/α,β-unsaturated/α-hetero) is 1. The van der Waals surface area contributed by atoms with E-state index in [1.54, 1.807) is 42.2 Å². The van der Waals surface area contributed by atoms with Crippen LogP contribution in [0.2, 0.25) is 0 Å². The summed E-state index contributed by atoms with van der Waals surface area (Å²) in [6, 6.07) is 17.7. The van der Waals surface area contributed by atoms with Gasteiger partial charge >= 0.3 is 5.97 Å². The summed E-state index contributed by atoms with van der Waals surface area (Å²) in [5.74, 6) is -0.928. The number of hydrogen-bond acceptors (Lipinski definition) is 7. The van der Waals surface area contributed by atoms with Crippen LogP contribution in [0.3, 0.4) is 0 Å². The van der Waals surface area contributed by atoms with Crippen LogP contribution in [0.15, 0.2) is 65.2 Å². The van der Waals surface area contributed by atoms with Crippen molar-refractivity contribution in [1.29, 1.82) is 0 Å². The first-order valence-electron chi connectivity index (χ1n) is 10.9. The van der Waals surface area contributed by atoms with E-state index in [1.165, 1.54) is 0 Å². The van der Waals surface area contributed by atoms with E-state index in [9.17, 15) is 14.4 Å². The van der Waals surface area contributed by atoms with Crippen molar-refractivity contribution in [3.05, 3.63) is 77.5 Å². The number of aryl methyl sites for hydroxylation is 1. The standard InChI is InChI=1S/C26H21N3O5/c1-16-24-20(14-21(27-25(24)34-28-16)17-6-3-2-4-7-17)26(32)33-15-22(30)18-9-11-19(12-10-18)29-13-5-8-23(29)31/h2-4,6-7,9-12,14H,5,8,13,15H2,1H3. The van der Waals surface area contributed by atoms with E-state index in [4.69, 9.17) is 9.26 Å². The average Bonchev–Trinajstić information content (AvgIpc) is 3.47. The van der Waals surface area contributed by atoms with Crippen LogP contribution in [0.4, 0.5) is 5.69 Å². The second kappa shape index (κ2) is 8.90. The number of fused-ring (bicyclic) bond motifs is 1. The van der Waals surface area contributed by atoms with Gasteiger partial charge in [0.05, 0.1) is 22.3 Å². The Morgan fingerprint density at radius 1 is 1.09 bits per heavy atom. The number of ether oxygens (including phenoxy) is 1. The van der Waals surface area contributed by atoms with Crippen molar-refractivity contribution in [3.63, 3.8) is 0 Å². The zero-order chi connectivity index (χ0) is 23.7. The molecule has 8 nitrogen and oxygen atoms in total. The minimum absolute atomic E-state index is 0.0792. The Balaban J connectivity index is 1.34. The van der Waals surface area contributed by atoms with Gasteiger partial charge in [0.25, 0.3) is 5.71 Å². The van der Waals surface area contributed by atoms with Gasteiger partial charge in [-0.25, -0.2) is 9.78 Å². The van der Waals surface area contributed by atoms with E-state index < -0.39 is 12.6 Å². The zero-order valence-corrected chi connectivity index (χ0v) is 18.5. The Hall–Kier alpha value is -4.33. The van der Waals surface area contributed by atoms with Gasteiger partial charge in [-0.05, 0) is 43.7 Å². The molecule has 1 aliphatic heterocycles. The summed E-state index contributed by atoms with van der Waals surface area (Å²) in [6.45, 7) is 1.97. The highest BCUT2D eigenvalue weighted by Gasteiger charge is 2.23. The second-order valence-corrected chi connectivity index (χ2v) is 8.06. The maximum absolute atomic E-state index is 13.0. The van der Waals surface area contributed by atoms with Crippen LogP contribution < -0.4 is 4.90 Å². The molecule has 2 aromatic heterocycles. The number of aromatic nitrogens is 2. The number of carbonyl (C=O) groups excluding carboxylic acids is 3. The van der Waals surface area contributed by atoms with Gasteiger partial charge in [0.2, 0.25) is 5.91 Å². The molecule has 0 bridgehead atoms. The van der Waals surface area contributed by atoms with Crippen LogP contribution in [0.1, 0.15) is 39.3 Å². The molecule has 1 amide bonds. The fourth-order valence-corrected chi connectivity index (χ4v) is 4.05. The fraction of sp³-hybridized carbons (Fsp3) is 0.192. The number of ketones is 1. The van der Waals surface area contributed by atoms with E-state index >= 15 is 0 Å². The average molecular weight is 455 g/mol. The summed E-state index contributed by atoms with van der Waals surface area (Å²) in [5, 5.41) is 4.38. The molecule has 0 N–H and O–H groups in total. The molecule has 1 fully saturated rings. The first-order chi connectivity index (χ1) is 16.5. The van der Waals surface area contributed by atoms with Gasteiger partial charge in [-0.2, -0.15) is 0 Å². The molecule has 1 aliphatic rings. The lowest BCUT2D eigenvalue weighted by atomic mass is 10.1. The maximum atomic E-state index is 13.0. The highest BCUT2D eigenvalue weighted by Crippen LogP contribution is 2.28. The molecule has 8 heteroatoms. The first-order valence-corrected chi connectivity index (χ1v) is 10.9. The Morgan fingerprint density at radius 3 is 2.56 bits per heavy atom. The van der Waals surface area contributed by atoms with Gasteiger partial charge in [0.15, 0.2) is 12.4 Å². The molecule has 0 radical (unpaired) electrons. The molecule has 3 heterocycles. The molecular weight excluding hydrogens is 434 g/mol. The Labute approximate surface area is 195 Å². The van der Waals surface area contributed by atoms with Crippen LogP contribution in [-0.4, -0.2) is 41.0 Å². The number of pyridine rings is 1. The van der Waals surface area contributed by atoms with E-state index in [-0.39, 0.29) is 23.0 Å². The predicted molar refractivity (Wildman–Crippen MR) is 125 cm³/mol. The van der Waals surface area contributed by atoms with E-state index in [0.29, 0.717) is 35.3 Å². The van der Waals surface area contributed by atoms with Crippen molar-refractivity contribution in [2.75, 3.05) is 18.1 Å². The van der Waals surface area contributed by atoms with E-state index in [1.807, 2.05) is 30.3 Å². The van der Waals surface area contributed by atoms with Gasteiger partial charge in [-0.3, -0.25) is 9.59 Å². The smallest absolute Gasteiger partial charge is 0.339 e. The summed E-state index contributed by atoms with van der Waals surface area (Å²) >= 11 is 0. The molecule has 170 valence electrons. The lowest BCUT2D eigenvalue weighted by Crippen LogP contribution is -2.23. The van der Waals surface area contributed by atoms with E-state index in [2.05, 4.69) is 10.1 Å².